The van der Waals surface area contributed by atoms with Crippen LogP contribution in [-0.4, -0.2) is 4.98 Å². The minimum Gasteiger partial charge on any atom is -0.367 e. The molecule has 14 heavy (non-hydrogen) atoms. The van der Waals surface area contributed by atoms with Crippen LogP contribution in [0.3, 0.4) is 0 Å². The molecule has 0 amide bonds. The number of aromatic nitrogens is 1. The van der Waals surface area contributed by atoms with E-state index in [4.69, 9.17) is 5.26 Å². The molecule has 1 N–H and O–H groups in total. The molecule has 0 aliphatic carbocycles. The van der Waals surface area contributed by atoms with Crippen LogP contribution in [0, 0.1) is 11.3 Å². The van der Waals surface area contributed by atoms with E-state index in [9.17, 15) is 0 Å². The third kappa shape index (κ3) is 1.67. The predicted octanol–water partition coefficient (Wildman–Crippen LogP) is 2.48. The zero-order chi connectivity index (χ0) is 9.80. The van der Waals surface area contributed by atoms with Gasteiger partial charge in [0.05, 0.1) is 11.6 Å². The lowest BCUT2D eigenvalue weighted by Gasteiger charge is -2.00. The van der Waals surface area contributed by atoms with Crippen molar-refractivity contribution in [2.75, 3.05) is 0 Å². The summed E-state index contributed by atoms with van der Waals surface area (Å²) in [4.78, 5) is 3.00. The predicted molar refractivity (Wildman–Crippen MR) is 54.8 cm³/mol. The number of aromatic amines is 1. The quantitative estimate of drug-likeness (QED) is 0.761. The molecular formula is C12H10N2. The first-order valence-electron chi connectivity index (χ1n) is 4.50. The van der Waals surface area contributed by atoms with E-state index in [0.29, 0.717) is 0 Å². The molecule has 0 bridgehead atoms. The molecule has 0 radical (unpaired) electrons. The van der Waals surface area contributed by atoms with Crippen molar-refractivity contribution >= 4 is 0 Å². The Morgan fingerprint density at radius 3 is 2.79 bits per heavy atom. The maximum atomic E-state index is 8.89. The monoisotopic (exact) mass is 182 g/mol. The highest BCUT2D eigenvalue weighted by Gasteiger charge is 2.01. The summed E-state index contributed by atoms with van der Waals surface area (Å²) >= 11 is 0. The molecule has 2 aromatic rings. The molecule has 1 heterocycles. The fourth-order valence-electron chi connectivity index (χ4n) is 1.47. The van der Waals surface area contributed by atoms with Gasteiger partial charge in [0.2, 0.25) is 0 Å². The van der Waals surface area contributed by atoms with Crippen LogP contribution < -0.4 is 0 Å². The molecule has 1 aromatic carbocycles. The summed E-state index contributed by atoms with van der Waals surface area (Å²) in [7, 11) is 0. The van der Waals surface area contributed by atoms with Crippen LogP contribution >= 0.6 is 0 Å². The Hall–Kier alpha value is -2.01. The molecule has 68 valence electrons. The van der Waals surface area contributed by atoms with Crippen LogP contribution in [-0.2, 0) is 6.42 Å². The van der Waals surface area contributed by atoms with Crippen LogP contribution in [0.25, 0.3) is 0 Å². The molecule has 0 unspecified atom stereocenters. The topological polar surface area (TPSA) is 39.6 Å². The lowest BCUT2D eigenvalue weighted by atomic mass is 10.0. The SMILES string of the molecule is N#Cc1ccccc1Cc1cc[nH]c1. The highest BCUT2D eigenvalue weighted by molar-refractivity contribution is 5.39. The summed E-state index contributed by atoms with van der Waals surface area (Å²) in [5, 5.41) is 8.89. The summed E-state index contributed by atoms with van der Waals surface area (Å²) in [5.41, 5.74) is 3.04. The van der Waals surface area contributed by atoms with Gasteiger partial charge in [0.25, 0.3) is 0 Å². The second kappa shape index (κ2) is 3.80. The summed E-state index contributed by atoms with van der Waals surface area (Å²) in [6.07, 6.45) is 4.66. The number of benzene rings is 1. The van der Waals surface area contributed by atoms with Gasteiger partial charge in [-0.25, -0.2) is 0 Å². The Kier molecular flexibility index (Phi) is 2.33. The normalized spacial score (nSPS) is 9.64. The lowest BCUT2D eigenvalue weighted by molar-refractivity contribution is 1.18. The number of hydrogen-bond acceptors (Lipinski definition) is 1. The Bertz CT molecular complexity index is 449. The molecule has 1 aromatic heterocycles. The molecule has 2 heteroatoms. The molecule has 2 nitrogen and oxygen atoms in total. The van der Waals surface area contributed by atoms with Gasteiger partial charge in [-0.2, -0.15) is 5.26 Å². The maximum Gasteiger partial charge on any atom is 0.0994 e. The number of nitrogens with one attached hydrogen (secondary N) is 1. The largest absolute Gasteiger partial charge is 0.367 e. The smallest absolute Gasteiger partial charge is 0.0994 e. The first-order valence-corrected chi connectivity index (χ1v) is 4.50. The molecule has 0 atom stereocenters. The van der Waals surface area contributed by atoms with Gasteiger partial charge in [-0.1, -0.05) is 18.2 Å². The van der Waals surface area contributed by atoms with E-state index in [2.05, 4.69) is 11.1 Å². The van der Waals surface area contributed by atoms with Crippen molar-refractivity contribution in [3.8, 4) is 6.07 Å². The van der Waals surface area contributed by atoms with Gasteiger partial charge < -0.3 is 4.98 Å². The van der Waals surface area contributed by atoms with E-state index in [-0.39, 0.29) is 0 Å². The second-order valence-electron chi connectivity index (χ2n) is 3.16. The van der Waals surface area contributed by atoms with Gasteiger partial charge in [-0.15, -0.1) is 0 Å². The minimum atomic E-state index is 0.758. The van der Waals surface area contributed by atoms with E-state index in [1.54, 1.807) is 0 Å². The molecule has 0 aliphatic heterocycles. The highest BCUT2D eigenvalue weighted by atomic mass is 14.6. The van der Waals surface area contributed by atoms with Gasteiger partial charge in [-0.05, 0) is 23.3 Å². The van der Waals surface area contributed by atoms with E-state index < -0.39 is 0 Å². The van der Waals surface area contributed by atoms with Crippen molar-refractivity contribution < 1.29 is 0 Å². The van der Waals surface area contributed by atoms with Crippen molar-refractivity contribution in [1.29, 1.82) is 5.26 Å². The summed E-state index contributed by atoms with van der Waals surface area (Å²) in [5.74, 6) is 0. The molecule has 0 aliphatic rings. The van der Waals surface area contributed by atoms with Crippen molar-refractivity contribution in [2.24, 2.45) is 0 Å². The number of H-pyrrole nitrogens is 1. The van der Waals surface area contributed by atoms with Crippen LogP contribution in [0.4, 0.5) is 0 Å². The van der Waals surface area contributed by atoms with E-state index >= 15 is 0 Å². The first kappa shape index (κ1) is 8.58. The molecule has 0 saturated heterocycles. The average molecular weight is 182 g/mol. The second-order valence-corrected chi connectivity index (χ2v) is 3.16. The van der Waals surface area contributed by atoms with Crippen molar-refractivity contribution in [3.05, 3.63) is 59.4 Å². The van der Waals surface area contributed by atoms with Gasteiger partial charge in [0.15, 0.2) is 0 Å². The summed E-state index contributed by atoms with van der Waals surface area (Å²) in [6, 6.07) is 11.9. The molecule has 2 rings (SSSR count). The molecule has 0 spiro atoms. The minimum absolute atomic E-state index is 0.758. The standard InChI is InChI=1S/C12H10N2/c13-8-12-4-2-1-3-11(12)7-10-5-6-14-9-10/h1-6,9,14H,7H2. The van der Waals surface area contributed by atoms with Gasteiger partial charge in [0, 0.05) is 18.8 Å². The van der Waals surface area contributed by atoms with E-state index in [1.165, 1.54) is 5.56 Å². The Morgan fingerprint density at radius 2 is 2.07 bits per heavy atom. The summed E-state index contributed by atoms with van der Waals surface area (Å²) in [6.45, 7) is 0. The van der Waals surface area contributed by atoms with Crippen molar-refractivity contribution in [3.63, 3.8) is 0 Å². The average Bonchev–Trinajstić information content (AvgIpc) is 2.71. The van der Waals surface area contributed by atoms with Gasteiger partial charge in [-0.3, -0.25) is 0 Å². The van der Waals surface area contributed by atoms with Gasteiger partial charge >= 0.3 is 0 Å². The fourth-order valence-corrected chi connectivity index (χ4v) is 1.47. The molecule has 0 saturated carbocycles. The summed E-state index contributed by atoms with van der Waals surface area (Å²) < 4.78 is 0. The fraction of sp³-hybridized carbons (Fsp3) is 0.0833. The number of hydrogen-bond donors (Lipinski definition) is 1. The third-order valence-corrected chi connectivity index (χ3v) is 2.19. The molecule has 0 fully saturated rings. The zero-order valence-electron chi connectivity index (χ0n) is 7.70. The lowest BCUT2D eigenvalue weighted by Crippen LogP contribution is -1.90. The number of nitriles is 1. The van der Waals surface area contributed by atoms with Crippen LogP contribution in [0.1, 0.15) is 16.7 Å². The molecular weight excluding hydrogens is 172 g/mol. The van der Waals surface area contributed by atoms with Crippen LogP contribution in [0.5, 0.6) is 0 Å². The van der Waals surface area contributed by atoms with Crippen molar-refractivity contribution in [1.82, 2.24) is 4.98 Å². The zero-order valence-corrected chi connectivity index (χ0v) is 7.70. The number of rotatable bonds is 2. The van der Waals surface area contributed by atoms with Crippen LogP contribution in [0.15, 0.2) is 42.7 Å². The van der Waals surface area contributed by atoms with E-state index in [0.717, 1.165) is 17.5 Å². The van der Waals surface area contributed by atoms with Crippen molar-refractivity contribution in [2.45, 2.75) is 6.42 Å². The van der Waals surface area contributed by atoms with Gasteiger partial charge in [0.1, 0.15) is 0 Å². The highest BCUT2D eigenvalue weighted by Crippen LogP contribution is 2.12. The Balaban J connectivity index is 2.30. The maximum absolute atomic E-state index is 8.89. The Labute approximate surface area is 82.8 Å². The third-order valence-electron chi connectivity index (χ3n) is 2.19. The van der Waals surface area contributed by atoms with E-state index in [1.807, 2.05) is 42.7 Å². The first-order chi connectivity index (χ1) is 6.90. The van der Waals surface area contributed by atoms with Crippen LogP contribution in [0.2, 0.25) is 0 Å². The number of nitrogens with zero attached hydrogens (tertiary/aromatic N) is 1. The Morgan fingerprint density at radius 1 is 1.21 bits per heavy atom.